The average molecular weight is 358 g/mol. The van der Waals surface area contributed by atoms with Crippen molar-refractivity contribution in [2.75, 3.05) is 0 Å². The van der Waals surface area contributed by atoms with Gasteiger partial charge in [-0.25, -0.2) is 24.7 Å². The Labute approximate surface area is 156 Å². The number of hydrogen-bond acceptors (Lipinski definition) is 6. The number of nitrogens with zero attached hydrogens (tertiary/aromatic N) is 4. The van der Waals surface area contributed by atoms with Crippen LogP contribution in [0.2, 0.25) is 0 Å². The molecular weight excluding hydrogens is 340 g/mol. The highest BCUT2D eigenvalue weighted by Gasteiger charge is 2.20. The summed E-state index contributed by atoms with van der Waals surface area (Å²) in [4.78, 5) is 30.9. The second-order valence-electron chi connectivity index (χ2n) is 6.07. The van der Waals surface area contributed by atoms with Gasteiger partial charge in [0.2, 0.25) is 5.88 Å². The molecule has 0 spiro atoms. The van der Waals surface area contributed by atoms with E-state index in [9.17, 15) is 4.79 Å². The molecule has 0 aliphatic carbocycles. The van der Waals surface area contributed by atoms with Crippen molar-refractivity contribution in [3.05, 3.63) is 65.6 Å². The first-order valence-corrected chi connectivity index (χ1v) is 8.93. The van der Waals surface area contributed by atoms with E-state index in [0.717, 1.165) is 11.0 Å². The van der Waals surface area contributed by atoms with E-state index >= 15 is 0 Å². The Hall–Kier alpha value is -3.41. The smallest absolute Gasteiger partial charge is 0.365 e. The Morgan fingerprint density at radius 3 is 1.78 bits per heavy atom. The van der Waals surface area contributed by atoms with Gasteiger partial charge in [-0.2, -0.15) is 0 Å². The molecule has 0 aliphatic heterocycles. The summed E-state index contributed by atoms with van der Waals surface area (Å²) < 4.78 is 5.61. The van der Waals surface area contributed by atoms with Gasteiger partial charge in [-0.15, -0.1) is 0 Å². The summed E-state index contributed by atoms with van der Waals surface area (Å²) >= 11 is 0. The Kier molecular flexibility index (Phi) is 4.46. The van der Waals surface area contributed by atoms with E-state index in [0.29, 0.717) is 35.3 Å². The first kappa shape index (κ1) is 17.0. The molecule has 0 N–H and O–H groups in total. The second-order valence-corrected chi connectivity index (χ2v) is 6.07. The zero-order chi connectivity index (χ0) is 18.8. The minimum absolute atomic E-state index is 0.216. The highest BCUT2D eigenvalue weighted by atomic mass is 16.5. The van der Waals surface area contributed by atoms with Crippen LogP contribution in [-0.2, 0) is 12.8 Å². The molecule has 0 atom stereocenters. The maximum absolute atomic E-state index is 12.8. The van der Waals surface area contributed by atoms with Gasteiger partial charge in [0.25, 0.3) is 0 Å². The summed E-state index contributed by atoms with van der Waals surface area (Å²) in [7, 11) is 0. The van der Waals surface area contributed by atoms with E-state index in [2.05, 4.69) is 19.9 Å². The fourth-order valence-corrected chi connectivity index (χ4v) is 2.92. The van der Waals surface area contributed by atoms with E-state index in [-0.39, 0.29) is 11.6 Å². The number of benzene rings is 2. The van der Waals surface area contributed by atoms with Crippen LogP contribution in [0.3, 0.4) is 0 Å². The lowest BCUT2D eigenvalue weighted by Crippen LogP contribution is -2.17. The van der Waals surface area contributed by atoms with Crippen LogP contribution in [0.25, 0.3) is 22.1 Å². The number of fused-ring (bicyclic) bond motifs is 2. The van der Waals surface area contributed by atoms with E-state index in [1.165, 1.54) is 0 Å². The topological polar surface area (TPSA) is 77.9 Å². The average Bonchev–Trinajstić information content (AvgIpc) is 2.72. The van der Waals surface area contributed by atoms with Crippen LogP contribution >= 0.6 is 0 Å². The van der Waals surface area contributed by atoms with Gasteiger partial charge in [-0.1, -0.05) is 38.1 Å². The SMILES string of the molecule is CCc1nc2ccccc2nc1OC(=O)c1nc2ccccc2nc1CC. The number of aryl methyl sites for hydroxylation is 2. The molecule has 2 aromatic heterocycles. The van der Waals surface area contributed by atoms with E-state index in [1.54, 1.807) is 0 Å². The number of hydrogen-bond donors (Lipinski definition) is 0. The molecule has 27 heavy (non-hydrogen) atoms. The van der Waals surface area contributed by atoms with Crippen molar-refractivity contribution in [3.63, 3.8) is 0 Å². The number of carbonyl (C=O) groups is 1. The van der Waals surface area contributed by atoms with Gasteiger partial charge in [0.1, 0.15) is 5.69 Å². The number of rotatable bonds is 4. The summed E-state index contributed by atoms with van der Waals surface area (Å²) in [6.45, 7) is 3.88. The van der Waals surface area contributed by atoms with Gasteiger partial charge in [0.05, 0.1) is 27.8 Å². The third kappa shape index (κ3) is 3.21. The summed E-state index contributed by atoms with van der Waals surface area (Å²) in [5.74, 6) is -0.345. The number of ether oxygens (including phenoxy) is 1. The van der Waals surface area contributed by atoms with E-state index in [4.69, 9.17) is 4.74 Å². The first-order valence-electron chi connectivity index (χ1n) is 8.93. The quantitative estimate of drug-likeness (QED) is 0.515. The van der Waals surface area contributed by atoms with Crippen molar-refractivity contribution < 1.29 is 9.53 Å². The van der Waals surface area contributed by atoms with Crippen LogP contribution in [0, 0.1) is 0 Å². The zero-order valence-electron chi connectivity index (χ0n) is 15.1. The van der Waals surface area contributed by atoms with Crippen molar-refractivity contribution >= 4 is 28.0 Å². The van der Waals surface area contributed by atoms with Gasteiger partial charge < -0.3 is 4.74 Å². The highest BCUT2D eigenvalue weighted by Crippen LogP contribution is 2.21. The Morgan fingerprint density at radius 2 is 1.22 bits per heavy atom. The first-order chi connectivity index (χ1) is 13.2. The molecule has 4 rings (SSSR count). The molecule has 0 radical (unpaired) electrons. The number of carbonyl (C=O) groups excluding carboxylic acids is 1. The molecule has 2 heterocycles. The van der Waals surface area contributed by atoms with E-state index < -0.39 is 5.97 Å². The minimum atomic E-state index is -0.565. The molecule has 4 aromatic rings. The lowest BCUT2D eigenvalue weighted by molar-refractivity contribution is 0.0718. The van der Waals surface area contributed by atoms with Crippen LogP contribution in [0.1, 0.15) is 35.7 Å². The van der Waals surface area contributed by atoms with Crippen LogP contribution in [0.15, 0.2) is 48.5 Å². The lowest BCUT2D eigenvalue weighted by atomic mass is 10.2. The predicted octanol–water partition coefficient (Wildman–Crippen LogP) is 3.92. The molecular formula is C21H18N4O2. The summed E-state index contributed by atoms with van der Waals surface area (Å²) in [5.41, 5.74) is 4.31. The van der Waals surface area contributed by atoms with Crippen molar-refractivity contribution in [3.8, 4) is 5.88 Å². The summed E-state index contributed by atoms with van der Waals surface area (Å²) in [6, 6.07) is 15.0. The fourth-order valence-electron chi connectivity index (χ4n) is 2.92. The predicted molar refractivity (Wildman–Crippen MR) is 103 cm³/mol. The van der Waals surface area contributed by atoms with Gasteiger partial charge in [0.15, 0.2) is 5.69 Å². The third-order valence-electron chi connectivity index (χ3n) is 4.30. The lowest BCUT2D eigenvalue weighted by Gasteiger charge is -2.10. The van der Waals surface area contributed by atoms with Crippen molar-refractivity contribution in [2.24, 2.45) is 0 Å². The van der Waals surface area contributed by atoms with Crippen LogP contribution in [0.4, 0.5) is 0 Å². The monoisotopic (exact) mass is 358 g/mol. The van der Waals surface area contributed by atoms with Crippen molar-refractivity contribution in [1.29, 1.82) is 0 Å². The standard InChI is InChI=1S/C21H18N4O2/c1-3-13-19(24-17-11-7-5-9-15(17)22-13)21(26)27-20-14(4-2)23-16-10-6-8-12-18(16)25-20/h5-12H,3-4H2,1-2H3. The molecule has 0 saturated carbocycles. The fraction of sp³-hybridized carbons (Fsp3) is 0.190. The molecule has 134 valence electrons. The maximum atomic E-state index is 12.8. The largest absolute Gasteiger partial charge is 0.401 e. The highest BCUT2D eigenvalue weighted by molar-refractivity contribution is 5.92. The third-order valence-corrected chi connectivity index (χ3v) is 4.30. The molecule has 0 unspecified atom stereocenters. The number of esters is 1. The molecule has 0 aliphatic rings. The molecule has 0 bridgehead atoms. The Balaban J connectivity index is 1.76. The zero-order valence-corrected chi connectivity index (χ0v) is 15.1. The molecule has 0 amide bonds. The Morgan fingerprint density at radius 1 is 0.741 bits per heavy atom. The minimum Gasteiger partial charge on any atom is -0.401 e. The van der Waals surface area contributed by atoms with Crippen molar-refractivity contribution in [1.82, 2.24) is 19.9 Å². The molecule has 6 nitrogen and oxygen atoms in total. The van der Waals surface area contributed by atoms with Crippen LogP contribution in [0.5, 0.6) is 5.88 Å². The van der Waals surface area contributed by atoms with Gasteiger partial charge in [-0.3, -0.25) is 0 Å². The molecule has 0 saturated heterocycles. The van der Waals surface area contributed by atoms with Gasteiger partial charge in [-0.05, 0) is 37.1 Å². The van der Waals surface area contributed by atoms with Crippen molar-refractivity contribution in [2.45, 2.75) is 26.7 Å². The Bertz CT molecular complexity index is 1160. The van der Waals surface area contributed by atoms with E-state index in [1.807, 2.05) is 62.4 Å². The molecule has 0 fully saturated rings. The number of aromatic nitrogens is 4. The van der Waals surface area contributed by atoms with Gasteiger partial charge in [0, 0.05) is 0 Å². The maximum Gasteiger partial charge on any atom is 0.365 e. The van der Waals surface area contributed by atoms with Crippen LogP contribution < -0.4 is 4.74 Å². The number of para-hydroxylation sites is 4. The molecule has 6 heteroatoms. The normalized spacial score (nSPS) is 11.0. The summed E-state index contributed by atoms with van der Waals surface area (Å²) in [5, 5.41) is 0. The molecule has 2 aromatic carbocycles. The van der Waals surface area contributed by atoms with Gasteiger partial charge >= 0.3 is 5.97 Å². The summed E-state index contributed by atoms with van der Waals surface area (Å²) in [6.07, 6.45) is 1.18. The van der Waals surface area contributed by atoms with Crippen LogP contribution in [-0.4, -0.2) is 25.9 Å². The second kappa shape index (κ2) is 7.07.